The van der Waals surface area contributed by atoms with Gasteiger partial charge in [-0.2, -0.15) is 0 Å². The summed E-state index contributed by atoms with van der Waals surface area (Å²) in [6.07, 6.45) is 3.82. The van der Waals surface area contributed by atoms with Crippen molar-refractivity contribution in [3.05, 3.63) is 35.9 Å². The van der Waals surface area contributed by atoms with Crippen molar-refractivity contribution in [1.82, 2.24) is 15.1 Å². The molecule has 1 aromatic rings. The van der Waals surface area contributed by atoms with E-state index in [0.29, 0.717) is 19.5 Å². The molecule has 2 heterocycles. The van der Waals surface area contributed by atoms with E-state index in [-0.39, 0.29) is 17.2 Å². The van der Waals surface area contributed by atoms with Gasteiger partial charge >= 0.3 is 0 Å². The molecule has 1 atom stereocenters. The molecular formula is C19H27N3O2. The van der Waals surface area contributed by atoms with Crippen LogP contribution in [0.15, 0.2) is 30.3 Å². The van der Waals surface area contributed by atoms with Gasteiger partial charge in [-0.25, -0.2) is 0 Å². The number of nitrogens with one attached hydrogen (secondary N) is 1. The number of benzene rings is 1. The Morgan fingerprint density at radius 1 is 1.21 bits per heavy atom. The van der Waals surface area contributed by atoms with Crippen molar-refractivity contribution in [2.75, 3.05) is 33.2 Å². The summed E-state index contributed by atoms with van der Waals surface area (Å²) in [5.74, 6) is 0.327. The molecule has 0 aromatic heterocycles. The number of hydrogen-bond acceptors (Lipinski definition) is 3. The van der Waals surface area contributed by atoms with Gasteiger partial charge in [0.05, 0.1) is 6.54 Å². The minimum absolute atomic E-state index is 0.0695. The molecule has 0 radical (unpaired) electrons. The smallest absolute Gasteiger partial charge is 0.233 e. The summed E-state index contributed by atoms with van der Waals surface area (Å²) in [5.41, 5.74) is 1.33. The molecule has 24 heavy (non-hydrogen) atoms. The van der Waals surface area contributed by atoms with Gasteiger partial charge in [0.2, 0.25) is 11.8 Å². The maximum Gasteiger partial charge on any atom is 0.233 e. The van der Waals surface area contributed by atoms with Crippen molar-refractivity contribution in [3.8, 4) is 0 Å². The van der Waals surface area contributed by atoms with Crippen molar-refractivity contribution in [1.29, 1.82) is 0 Å². The Balaban J connectivity index is 1.67. The fourth-order valence-electron chi connectivity index (χ4n) is 4.11. The quantitative estimate of drug-likeness (QED) is 0.914. The molecular weight excluding hydrogens is 302 g/mol. The highest BCUT2D eigenvalue weighted by Gasteiger charge is 2.41. The van der Waals surface area contributed by atoms with Crippen molar-refractivity contribution in [2.24, 2.45) is 5.41 Å². The normalized spacial score (nSPS) is 25.0. The van der Waals surface area contributed by atoms with Crippen LogP contribution in [0, 0.1) is 5.41 Å². The predicted molar refractivity (Wildman–Crippen MR) is 93.3 cm³/mol. The molecule has 5 nitrogen and oxygen atoms in total. The Hall–Kier alpha value is -1.88. The highest BCUT2D eigenvalue weighted by atomic mass is 16.2. The lowest BCUT2D eigenvalue weighted by Gasteiger charge is -2.48. The van der Waals surface area contributed by atoms with Crippen LogP contribution in [-0.2, 0) is 16.1 Å². The third kappa shape index (κ3) is 3.96. The average Bonchev–Trinajstić information content (AvgIpc) is 2.59. The van der Waals surface area contributed by atoms with E-state index in [0.717, 1.165) is 38.9 Å². The Morgan fingerprint density at radius 2 is 2.00 bits per heavy atom. The lowest BCUT2D eigenvalue weighted by Crippen LogP contribution is -2.54. The lowest BCUT2D eigenvalue weighted by molar-refractivity contribution is -0.141. The zero-order valence-corrected chi connectivity index (χ0v) is 14.5. The molecule has 0 bridgehead atoms. The molecule has 5 heteroatoms. The summed E-state index contributed by atoms with van der Waals surface area (Å²) in [6, 6.07) is 10.2. The first-order chi connectivity index (χ1) is 11.6. The average molecular weight is 329 g/mol. The highest BCUT2D eigenvalue weighted by molar-refractivity contribution is 5.78. The van der Waals surface area contributed by atoms with Gasteiger partial charge in [-0.3, -0.25) is 14.5 Å². The van der Waals surface area contributed by atoms with Crippen LogP contribution < -0.4 is 5.32 Å². The van der Waals surface area contributed by atoms with E-state index in [9.17, 15) is 9.59 Å². The lowest BCUT2D eigenvalue weighted by atomic mass is 9.73. The highest BCUT2D eigenvalue weighted by Crippen LogP contribution is 2.39. The van der Waals surface area contributed by atoms with Crippen LogP contribution in [-0.4, -0.2) is 54.8 Å². The minimum atomic E-state index is 0.0695. The van der Waals surface area contributed by atoms with Gasteiger partial charge in [0, 0.05) is 38.5 Å². The first kappa shape index (κ1) is 17.0. The molecule has 2 saturated heterocycles. The third-order valence-corrected chi connectivity index (χ3v) is 5.35. The van der Waals surface area contributed by atoms with Gasteiger partial charge in [-0.15, -0.1) is 0 Å². The van der Waals surface area contributed by atoms with E-state index in [4.69, 9.17) is 0 Å². The number of hydrogen-bond donors (Lipinski definition) is 1. The number of piperidine rings is 2. The summed E-state index contributed by atoms with van der Waals surface area (Å²) >= 11 is 0. The van der Waals surface area contributed by atoms with Crippen molar-refractivity contribution < 1.29 is 9.59 Å². The van der Waals surface area contributed by atoms with Crippen LogP contribution >= 0.6 is 0 Å². The van der Waals surface area contributed by atoms with Gasteiger partial charge in [0.1, 0.15) is 0 Å². The van der Waals surface area contributed by atoms with E-state index in [1.807, 2.05) is 23.1 Å². The molecule has 2 aliphatic heterocycles. The summed E-state index contributed by atoms with van der Waals surface area (Å²) in [5, 5.41) is 2.71. The monoisotopic (exact) mass is 329 g/mol. The molecule has 1 unspecified atom stereocenters. The molecule has 2 aliphatic rings. The molecule has 0 aliphatic carbocycles. The van der Waals surface area contributed by atoms with Crippen LogP contribution in [0.3, 0.4) is 0 Å². The maximum atomic E-state index is 12.4. The standard InChI is InChI=1S/C19H27N3O2/c1-20-17(23)13-21-11-5-9-19(14-21)10-8-18(24)22(15-19)12-16-6-3-2-4-7-16/h2-4,6-7H,5,8-15H2,1H3,(H,20,23). The first-order valence-corrected chi connectivity index (χ1v) is 8.85. The van der Waals surface area contributed by atoms with E-state index in [1.165, 1.54) is 5.56 Å². The van der Waals surface area contributed by atoms with Gasteiger partial charge in [0.15, 0.2) is 0 Å². The number of nitrogens with zero attached hydrogens (tertiary/aromatic N) is 2. The zero-order valence-electron chi connectivity index (χ0n) is 14.5. The predicted octanol–water partition coefficient (Wildman–Crippen LogP) is 1.64. The number of likely N-dealkylation sites (tertiary alicyclic amines) is 2. The molecule has 3 rings (SSSR count). The number of likely N-dealkylation sites (N-methyl/N-ethyl adjacent to an activating group) is 1. The Morgan fingerprint density at radius 3 is 2.75 bits per heavy atom. The van der Waals surface area contributed by atoms with Crippen LogP contribution in [0.1, 0.15) is 31.2 Å². The van der Waals surface area contributed by atoms with E-state index < -0.39 is 0 Å². The number of rotatable bonds is 4. The Kier molecular flexibility index (Phi) is 5.19. The molecule has 1 spiro atoms. The molecule has 2 fully saturated rings. The molecule has 0 saturated carbocycles. The van der Waals surface area contributed by atoms with Gasteiger partial charge < -0.3 is 10.2 Å². The second-order valence-electron chi connectivity index (χ2n) is 7.22. The van der Waals surface area contributed by atoms with Crippen LogP contribution in [0.4, 0.5) is 0 Å². The Labute approximate surface area is 144 Å². The van der Waals surface area contributed by atoms with Crippen LogP contribution in [0.25, 0.3) is 0 Å². The van der Waals surface area contributed by atoms with Crippen molar-refractivity contribution in [3.63, 3.8) is 0 Å². The molecule has 1 aromatic carbocycles. The largest absolute Gasteiger partial charge is 0.358 e. The number of carbonyl (C=O) groups is 2. The summed E-state index contributed by atoms with van der Waals surface area (Å²) in [4.78, 5) is 28.3. The maximum absolute atomic E-state index is 12.4. The van der Waals surface area contributed by atoms with E-state index in [2.05, 4.69) is 22.3 Å². The second kappa shape index (κ2) is 7.34. The third-order valence-electron chi connectivity index (χ3n) is 5.35. The van der Waals surface area contributed by atoms with Crippen LogP contribution in [0.5, 0.6) is 0 Å². The van der Waals surface area contributed by atoms with Gasteiger partial charge in [-0.05, 0) is 31.4 Å². The fraction of sp³-hybridized carbons (Fsp3) is 0.579. The van der Waals surface area contributed by atoms with Crippen molar-refractivity contribution in [2.45, 2.75) is 32.2 Å². The topological polar surface area (TPSA) is 52.7 Å². The SMILES string of the molecule is CNC(=O)CN1CCCC2(CCC(=O)N(Cc3ccccc3)C2)C1. The summed E-state index contributed by atoms with van der Waals surface area (Å²) < 4.78 is 0. The molecule has 1 N–H and O–H groups in total. The minimum Gasteiger partial charge on any atom is -0.358 e. The Bertz CT molecular complexity index is 590. The van der Waals surface area contributed by atoms with E-state index in [1.54, 1.807) is 7.05 Å². The van der Waals surface area contributed by atoms with E-state index >= 15 is 0 Å². The molecule has 2 amide bonds. The number of carbonyl (C=O) groups excluding carboxylic acids is 2. The van der Waals surface area contributed by atoms with Crippen LogP contribution in [0.2, 0.25) is 0 Å². The fourth-order valence-corrected chi connectivity index (χ4v) is 4.11. The second-order valence-corrected chi connectivity index (χ2v) is 7.22. The summed E-state index contributed by atoms with van der Waals surface area (Å²) in [6.45, 7) is 3.85. The van der Waals surface area contributed by atoms with Gasteiger partial charge in [0.25, 0.3) is 0 Å². The van der Waals surface area contributed by atoms with Gasteiger partial charge in [-0.1, -0.05) is 30.3 Å². The summed E-state index contributed by atoms with van der Waals surface area (Å²) in [7, 11) is 1.68. The number of amides is 2. The first-order valence-electron chi connectivity index (χ1n) is 8.85. The van der Waals surface area contributed by atoms with Crippen molar-refractivity contribution >= 4 is 11.8 Å². The molecule has 130 valence electrons. The zero-order chi connectivity index (χ0) is 17.0.